The van der Waals surface area contributed by atoms with Crippen LogP contribution in [0.25, 0.3) is 0 Å². The van der Waals surface area contributed by atoms with Gasteiger partial charge in [-0.25, -0.2) is 0 Å². The van der Waals surface area contributed by atoms with Gasteiger partial charge < -0.3 is 5.32 Å². The van der Waals surface area contributed by atoms with Crippen molar-refractivity contribution in [3.63, 3.8) is 0 Å². The van der Waals surface area contributed by atoms with Crippen molar-refractivity contribution >= 4 is 0 Å². The van der Waals surface area contributed by atoms with Crippen molar-refractivity contribution < 1.29 is 0 Å². The Morgan fingerprint density at radius 3 is 2.00 bits per heavy atom. The molecular weight excluding hydrogens is 244 g/mol. The zero-order valence-electron chi connectivity index (χ0n) is 14.4. The van der Waals surface area contributed by atoms with Crippen molar-refractivity contribution in [2.45, 2.75) is 84.8 Å². The molecule has 2 aliphatic heterocycles. The maximum atomic E-state index is 3.71. The third kappa shape index (κ3) is 3.76. The molecule has 0 aromatic rings. The van der Waals surface area contributed by atoms with Gasteiger partial charge in [-0.05, 0) is 50.0 Å². The third-order valence-electron chi connectivity index (χ3n) is 5.75. The van der Waals surface area contributed by atoms with Crippen LogP contribution in [-0.2, 0) is 0 Å². The van der Waals surface area contributed by atoms with Crippen molar-refractivity contribution in [2.24, 2.45) is 17.8 Å². The summed E-state index contributed by atoms with van der Waals surface area (Å²) in [4.78, 5) is 2.90. The molecule has 2 atom stereocenters. The van der Waals surface area contributed by atoms with Crippen LogP contribution in [0.5, 0.6) is 0 Å². The monoisotopic (exact) mass is 280 g/mol. The second-order valence-electron chi connectivity index (χ2n) is 7.81. The average Bonchev–Trinajstić information content (AvgIpc) is 2.35. The normalized spacial score (nSPS) is 31.5. The first-order valence-electron chi connectivity index (χ1n) is 9.02. The molecule has 1 N–H and O–H groups in total. The van der Waals surface area contributed by atoms with Crippen molar-refractivity contribution in [1.29, 1.82) is 0 Å². The molecule has 0 saturated carbocycles. The summed E-state index contributed by atoms with van der Waals surface area (Å²) in [5, 5.41) is 3.71. The first-order valence-corrected chi connectivity index (χ1v) is 9.02. The molecule has 2 nitrogen and oxygen atoms in total. The number of fused-ring (bicyclic) bond motifs is 2. The lowest BCUT2D eigenvalue weighted by Crippen LogP contribution is -2.57. The quantitative estimate of drug-likeness (QED) is 0.793. The van der Waals surface area contributed by atoms with Gasteiger partial charge in [-0.15, -0.1) is 0 Å². The van der Waals surface area contributed by atoms with E-state index in [4.69, 9.17) is 0 Å². The molecule has 0 radical (unpaired) electrons. The molecule has 2 heteroatoms. The van der Waals surface area contributed by atoms with Crippen LogP contribution in [0.2, 0.25) is 0 Å². The molecule has 2 aliphatic rings. The second kappa shape index (κ2) is 7.26. The minimum Gasteiger partial charge on any atom is -0.314 e. The highest BCUT2D eigenvalue weighted by atomic mass is 15.2. The maximum Gasteiger partial charge on any atom is 0.0113 e. The Morgan fingerprint density at radius 2 is 1.55 bits per heavy atom. The number of piperidine rings is 2. The summed E-state index contributed by atoms with van der Waals surface area (Å²) in [6, 6.07) is 2.49. The molecule has 0 aromatic heterocycles. The van der Waals surface area contributed by atoms with E-state index in [1.165, 1.54) is 38.6 Å². The van der Waals surface area contributed by atoms with E-state index in [0.717, 1.165) is 42.4 Å². The summed E-state index contributed by atoms with van der Waals surface area (Å²) < 4.78 is 0. The van der Waals surface area contributed by atoms with Gasteiger partial charge in [0.15, 0.2) is 0 Å². The third-order valence-corrected chi connectivity index (χ3v) is 5.75. The SMILES string of the molecule is CCNC1CC2CCCC(C1)N2CC(C(C)C)C(C)C. The number of hydrogen-bond donors (Lipinski definition) is 1. The van der Waals surface area contributed by atoms with Gasteiger partial charge in [0.1, 0.15) is 0 Å². The van der Waals surface area contributed by atoms with Gasteiger partial charge in [-0.1, -0.05) is 41.0 Å². The highest BCUT2D eigenvalue weighted by Crippen LogP contribution is 2.36. The van der Waals surface area contributed by atoms with E-state index in [1.54, 1.807) is 0 Å². The van der Waals surface area contributed by atoms with Crippen LogP contribution in [0, 0.1) is 17.8 Å². The van der Waals surface area contributed by atoms with Crippen molar-refractivity contribution in [3.05, 3.63) is 0 Å². The number of rotatable bonds is 6. The van der Waals surface area contributed by atoms with Gasteiger partial charge >= 0.3 is 0 Å². The van der Waals surface area contributed by atoms with Gasteiger partial charge in [-0.2, -0.15) is 0 Å². The fourth-order valence-electron chi connectivity index (χ4n) is 4.67. The van der Waals surface area contributed by atoms with Crippen LogP contribution in [-0.4, -0.2) is 36.1 Å². The minimum absolute atomic E-state index is 0.781. The number of nitrogens with one attached hydrogen (secondary N) is 1. The van der Waals surface area contributed by atoms with Gasteiger partial charge in [0.25, 0.3) is 0 Å². The van der Waals surface area contributed by atoms with Crippen molar-refractivity contribution in [1.82, 2.24) is 10.2 Å². The van der Waals surface area contributed by atoms with E-state index in [0.29, 0.717) is 0 Å². The lowest BCUT2D eigenvalue weighted by atomic mass is 9.78. The molecule has 2 saturated heterocycles. The average molecular weight is 281 g/mol. The second-order valence-corrected chi connectivity index (χ2v) is 7.81. The Kier molecular flexibility index (Phi) is 5.92. The Balaban J connectivity index is 2.01. The van der Waals surface area contributed by atoms with E-state index in [1.807, 2.05) is 0 Å². The molecule has 2 fully saturated rings. The molecule has 0 spiro atoms. The Hall–Kier alpha value is -0.0800. The highest BCUT2D eigenvalue weighted by molar-refractivity contribution is 4.95. The number of nitrogens with zero attached hydrogens (tertiary/aromatic N) is 1. The van der Waals surface area contributed by atoms with Crippen molar-refractivity contribution in [3.8, 4) is 0 Å². The van der Waals surface area contributed by atoms with E-state index in [-0.39, 0.29) is 0 Å². The molecule has 2 unspecified atom stereocenters. The summed E-state index contributed by atoms with van der Waals surface area (Å²) in [5.74, 6) is 2.47. The molecule has 20 heavy (non-hydrogen) atoms. The minimum atomic E-state index is 0.781. The molecule has 118 valence electrons. The van der Waals surface area contributed by atoms with E-state index in [9.17, 15) is 0 Å². The van der Waals surface area contributed by atoms with Gasteiger partial charge in [0, 0.05) is 24.7 Å². The first kappa shape index (κ1) is 16.3. The number of hydrogen-bond acceptors (Lipinski definition) is 2. The first-order chi connectivity index (χ1) is 9.52. The van der Waals surface area contributed by atoms with E-state index < -0.39 is 0 Å². The zero-order chi connectivity index (χ0) is 14.7. The van der Waals surface area contributed by atoms with Crippen LogP contribution >= 0.6 is 0 Å². The molecule has 2 heterocycles. The molecule has 0 aliphatic carbocycles. The molecular formula is C18H36N2. The summed E-state index contributed by atoms with van der Waals surface area (Å²) in [7, 11) is 0. The van der Waals surface area contributed by atoms with Gasteiger partial charge in [-0.3, -0.25) is 4.90 Å². The Morgan fingerprint density at radius 1 is 1.00 bits per heavy atom. The summed E-state index contributed by atoms with van der Waals surface area (Å²) in [6.45, 7) is 14.3. The maximum absolute atomic E-state index is 3.71. The molecule has 2 rings (SSSR count). The summed E-state index contributed by atoms with van der Waals surface area (Å²) >= 11 is 0. The van der Waals surface area contributed by atoms with Gasteiger partial charge in [0.05, 0.1) is 0 Å². The predicted molar refractivity (Wildman–Crippen MR) is 88.0 cm³/mol. The molecule has 2 bridgehead atoms. The standard InChI is InChI=1S/C18H36N2/c1-6-19-15-10-16-8-7-9-17(11-15)20(16)12-18(13(2)3)14(4)5/h13-19H,6-12H2,1-5H3. The van der Waals surface area contributed by atoms with E-state index in [2.05, 4.69) is 44.8 Å². The van der Waals surface area contributed by atoms with E-state index >= 15 is 0 Å². The smallest absolute Gasteiger partial charge is 0.0113 e. The van der Waals surface area contributed by atoms with Crippen LogP contribution in [0.4, 0.5) is 0 Å². The summed E-state index contributed by atoms with van der Waals surface area (Å²) in [5.41, 5.74) is 0. The van der Waals surface area contributed by atoms with Crippen LogP contribution in [0.15, 0.2) is 0 Å². The zero-order valence-corrected chi connectivity index (χ0v) is 14.4. The van der Waals surface area contributed by atoms with Crippen LogP contribution in [0.3, 0.4) is 0 Å². The lowest BCUT2D eigenvalue weighted by molar-refractivity contribution is 0.0000756. The Bertz CT molecular complexity index is 265. The fraction of sp³-hybridized carbons (Fsp3) is 1.00. The Labute approximate surface area is 126 Å². The highest BCUT2D eigenvalue weighted by Gasteiger charge is 2.39. The lowest BCUT2D eigenvalue weighted by Gasteiger charge is -2.51. The van der Waals surface area contributed by atoms with Crippen LogP contribution in [0.1, 0.15) is 66.7 Å². The molecule has 0 aromatic carbocycles. The topological polar surface area (TPSA) is 15.3 Å². The largest absolute Gasteiger partial charge is 0.314 e. The van der Waals surface area contributed by atoms with Crippen LogP contribution < -0.4 is 5.32 Å². The van der Waals surface area contributed by atoms with Crippen molar-refractivity contribution in [2.75, 3.05) is 13.1 Å². The molecule has 0 amide bonds. The van der Waals surface area contributed by atoms with Gasteiger partial charge in [0.2, 0.25) is 0 Å². The predicted octanol–water partition coefficient (Wildman–Crippen LogP) is 3.91. The fourth-order valence-corrected chi connectivity index (χ4v) is 4.67. The summed E-state index contributed by atoms with van der Waals surface area (Å²) in [6.07, 6.45) is 7.09.